The molecule has 0 spiro atoms. The van der Waals surface area contributed by atoms with Crippen LogP contribution in [0.2, 0.25) is 5.02 Å². The first-order valence-electron chi connectivity index (χ1n) is 11.3. The Labute approximate surface area is 215 Å². The zero-order valence-electron chi connectivity index (χ0n) is 18.7. The lowest BCUT2D eigenvalue weighted by Gasteiger charge is -2.33. The molecule has 35 heavy (non-hydrogen) atoms. The van der Waals surface area contributed by atoms with Crippen LogP contribution in [0.4, 0.5) is 20.7 Å². The van der Waals surface area contributed by atoms with Gasteiger partial charge >= 0.3 is 6.03 Å². The van der Waals surface area contributed by atoms with Gasteiger partial charge in [-0.1, -0.05) is 29.8 Å². The molecule has 2 aromatic heterocycles. The van der Waals surface area contributed by atoms with Crippen molar-refractivity contribution >= 4 is 50.7 Å². The van der Waals surface area contributed by atoms with Crippen molar-refractivity contribution in [3.05, 3.63) is 76.1 Å². The van der Waals surface area contributed by atoms with Crippen LogP contribution < -0.4 is 10.6 Å². The molecule has 1 atom stereocenters. The molecule has 1 aliphatic heterocycles. The van der Waals surface area contributed by atoms with Crippen LogP contribution in [0.15, 0.2) is 65.3 Å². The molecule has 180 valence electrons. The highest BCUT2D eigenvalue weighted by atomic mass is 79.9. The normalized spacial score (nSPS) is 15.9. The minimum Gasteiger partial charge on any atom is -0.370 e. The maximum absolute atomic E-state index is 13.1. The molecule has 0 saturated carbocycles. The van der Waals surface area contributed by atoms with Gasteiger partial charge in [0.05, 0.1) is 16.4 Å². The molecule has 0 radical (unpaired) electrons. The molecule has 10 heteroatoms. The van der Waals surface area contributed by atoms with Gasteiger partial charge in [0.15, 0.2) is 5.65 Å². The number of rotatable bonds is 5. The maximum Gasteiger partial charge on any atom is 0.321 e. The first-order valence-corrected chi connectivity index (χ1v) is 12.5. The predicted octanol–water partition coefficient (Wildman–Crippen LogP) is 6.31. The third kappa shape index (κ3) is 5.26. The van der Waals surface area contributed by atoms with Gasteiger partial charge in [-0.05, 0) is 65.0 Å². The zero-order chi connectivity index (χ0) is 24.4. The summed E-state index contributed by atoms with van der Waals surface area (Å²) in [4.78, 5) is 19.3. The fourth-order valence-corrected chi connectivity index (χ4v) is 4.85. The SMILES string of the molecule is O=C(Nc1ccc(F)cc1)N1CCCC(CNc2cc(-c3ccccc3Cl)nc3c(Br)cnn23)C1. The van der Waals surface area contributed by atoms with E-state index in [0.717, 1.165) is 34.4 Å². The lowest BCUT2D eigenvalue weighted by atomic mass is 9.98. The number of urea groups is 1. The molecule has 4 aromatic rings. The van der Waals surface area contributed by atoms with Crippen molar-refractivity contribution in [2.24, 2.45) is 5.92 Å². The summed E-state index contributed by atoms with van der Waals surface area (Å²) in [5.41, 5.74) is 2.85. The van der Waals surface area contributed by atoms with Crippen molar-refractivity contribution in [3.8, 4) is 11.3 Å². The summed E-state index contributed by atoms with van der Waals surface area (Å²) in [5.74, 6) is 0.719. The van der Waals surface area contributed by atoms with Gasteiger partial charge in [-0.15, -0.1) is 0 Å². The molecule has 2 amide bonds. The molecule has 5 rings (SSSR count). The summed E-state index contributed by atoms with van der Waals surface area (Å²) in [6, 6.07) is 15.1. The minimum atomic E-state index is -0.334. The van der Waals surface area contributed by atoms with E-state index in [4.69, 9.17) is 16.6 Å². The smallest absolute Gasteiger partial charge is 0.321 e. The van der Waals surface area contributed by atoms with Gasteiger partial charge in [0.2, 0.25) is 0 Å². The molecule has 1 fully saturated rings. The van der Waals surface area contributed by atoms with Crippen molar-refractivity contribution < 1.29 is 9.18 Å². The molecule has 2 N–H and O–H groups in total. The number of anilines is 2. The van der Waals surface area contributed by atoms with Gasteiger partial charge in [0.25, 0.3) is 0 Å². The van der Waals surface area contributed by atoms with E-state index in [9.17, 15) is 9.18 Å². The van der Waals surface area contributed by atoms with Crippen LogP contribution in [0.25, 0.3) is 16.9 Å². The fourth-order valence-electron chi connectivity index (χ4n) is 4.27. The van der Waals surface area contributed by atoms with Crippen molar-refractivity contribution in [3.63, 3.8) is 0 Å². The monoisotopic (exact) mass is 556 g/mol. The fraction of sp³-hybridized carbons (Fsp3) is 0.240. The van der Waals surface area contributed by atoms with Gasteiger partial charge < -0.3 is 15.5 Å². The first kappa shape index (κ1) is 23.6. The van der Waals surface area contributed by atoms with Gasteiger partial charge in [-0.2, -0.15) is 9.61 Å². The number of benzene rings is 2. The van der Waals surface area contributed by atoms with Crippen LogP contribution in [-0.4, -0.2) is 45.2 Å². The van der Waals surface area contributed by atoms with E-state index in [1.807, 2.05) is 30.3 Å². The van der Waals surface area contributed by atoms with Gasteiger partial charge in [-0.25, -0.2) is 14.2 Å². The summed E-state index contributed by atoms with van der Waals surface area (Å²) in [7, 11) is 0. The van der Waals surface area contributed by atoms with Gasteiger partial charge in [0, 0.05) is 42.0 Å². The predicted molar refractivity (Wildman–Crippen MR) is 139 cm³/mol. The van der Waals surface area contributed by atoms with E-state index in [1.54, 1.807) is 27.7 Å². The highest BCUT2D eigenvalue weighted by Gasteiger charge is 2.24. The van der Waals surface area contributed by atoms with E-state index in [-0.39, 0.29) is 17.8 Å². The van der Waals surface area contributed by atoms with E-state index in [0.29, 0.717) is 36.0 Å². The zero-order valence-corrected chi connectivity index (χ0v) is 21.1. The number of nitrogens with zero attached hydrogens (tertiary/aromatic N) is 4. The first-order chi connectivity index (χ1) is 17.0. The number of likely N-dealkylation sites (tertiary alicyclic amines) is 1. The largest absolute Gasteiger partial charge is 0.370 e. The Hall–Kier alpha value is -3.17. The summed E-state index contributed by atoms with van der Waals surface area (Å²) in [6.45, 7) is 1.97. The molecule has 2 aromatic carbocycles. The average Bonchev–Trinajstić information content (AvgIpc) is 3.25. The Bertz CT molecular complexity index is 1360. The molecule has 7 nitrogen and oxygen atoms in total. The minimum absolute atomic E-state index is 0.176. The number of hydrogen-bond acceptors (Lipinski definition) is 4. The number of hydrogen-bond donors (Lipinski definition) is 2. The summed E-state index contributed by atoms with van der Waals surface area (Å²) >= 11 is 9.96. The third-order valence-electron chi connectivity index (χ3n) is 6.05. The lowest BCUT2D eigenvalue weighted by Crippen LogP contribution is -2.44. The topological polar surface area (TPSA) is 74.6 Å². The summed E-state index contributed by atoms with van der Waals surface area (Å²) in [5, 5.41) is 11.4. The highest BCUT2D eigenvalue weighted by Crippen LogP contribution is 2.30. The van der Waals surface area contributed by atoms with Crippen LogP contribution in [-0.2, 0) is 0 Å². The van der Waals surface area contributed by atoms with Crippen LogP contribution in [0.5, 0.6) is 0 Å². The van der Waals surface area contributed by atoms with Crippen molar-refractivity contribution in [1.82, 2.24) is 19.5 Å². The number of nitrogens with one attached hydrogen (secondary N) is 2. The lowest BCUT2D eigenvalue weighted by molar-refractivity contribution is 0.180. The Morgan fingerprint density at radius 2 is 2.00 bits per heavy atom. The number of halogens is 3. The quantitative estimate of drug-likeness (QED) is 0.302. The molecule has 1 unspecified atom stereocenters. The van der Waals surface area contributed by atoms with Crippen molar-refractivity contribution in [2.75, 3.05) is 30.3 Å². The van der Waals surface area contributed by atoms with Crippen LogP contribution in [0, 0.1) is 11.7 Å². The Morgan fingerprint density at radius 1 is 1.20 bits per heavy atom. The second-order valence-corrected chi connectivity index (χ2v) is 9.77. The molecule has 3 heterocycles. The van der Waals surface area contributed by atoms with Crippen molar-refractivity contribution in [1.29, 1.82) is 0 Å². The Morgan fingerprint density at radius 3 is 2.80 bits per heavy atom. The summed E-state index contributed by atoms with van der Waals surface area (Å²) < 4.78 is 15.7. The van der Waals surface area contributed by atoms with E-state index in [1.165, 1.54) is 12.1 Å². The van der Waals surface area contributed by atoms with E-state index >= 15 is 0 Å². The molecule has 1 aliphatic rings. The third-order valence-corrected chi connectivity index (χ3v) is 6.94. The maximum atomic E-state index is 13.1. The molecule has 1 saturated heterocycles. The highest BCUT2D eigenvalue weighted by molar-refractivity contribution is 9.10. The molecule has 0 aliphatic carbocycles. The van der Waals surface area contributed by atoms with E-state index < -0.39 is 0 Å². The van der Waals surface area contributed by atoms with E-state index in [2.05, 4.69) is 31.7 Å². The number of fused-ring (bicyclic) bond motifs is 1. The number of carbonyl (C=O) groups excluding carboxylic acids is 1. The second-order valence-electron chi connectivity index (χ2n) is 8.51. The molecular formula is C25H23BrClFN6O. The van der Waals surface area contributed by atoms with Crippen LogP contribution in [0.1, 0.15) is 12.8 Å². The van der Waals surface area contributed by atoms with Gasteiger partial charge in [-0.3, -0.25) is 0 Å². The Balaban J connectivity index is 1.30. The number of aromatic nitrogens is 3. The molecular weight excluding hydrogens is 535 g/mol. The number of carbonyl (C=O) groups is 1. The van der Waals surface area contributed by atoms with Crippen LogP contribution >= 0.6 is 27.5 Å². The standard InChI is InChI=1S/C25H23BrClFN6O/c26-20-14-30-34-23(12-22(32-24(20)34)19-5-1-2-6-21(19)27)29-13-16-4-3-11-33(15-16)25(35)31-18-9-7-17(28)8-10-18/h1-2,5-10,12,14,16,29H,3-4,11,13,15H2,(H,31,35). The molecule has 0 bridgehead atoms. The van der Waals surface area contributed by atoms with Crippen molar-refractivity contribution in [2.45, 2.75) is 12.8 Å². The summed E-state index contributed by atoms with van der Waals surface area (Å²) in [6.07, 6.45) is 3.63. The second kappa shape index (κ2) is 10.2. The number of amides is 2. The Kier molecular flexibility index (Phi) is 6.88. The van der Waals surface area contributed by atoms with Gasteiger partial charge in [0.1, 0.15) is 11.6 Å². The average molecular weight is 558 g/mol. The van der Waals surface area contributed by atoms with Crippen LogP contribution in [0.3, 0.4) is 0 Å². The number of piperidine rings is 1.